The van der Waals surface area contributed by atoms with E-state index in [1.54, 1.807) is 0 Å². The molecule has 0 bridgehead atoms. The Balaban J connectivity index is 2.27. The molecule has 2 N–H and O–H groups in total. The van der Waals surface area contributed by atoms with E-state index in [0.717, 1.165) is 6.07 Å². The third-order valence-corrected chi connectivity index (χ3v) is 2.98. The molecule has 1 atom stereocenters. The van der Waals surface area contributed by atoms with Crippen LogP contribution in [0.1, 0.15) is 12.0 Å². The van der Waals surface area contributed by atoms with E-state index >= 15 is 0 Å². The van der Waals surface area contributed by atoms with Crippen molar-refractivity contribution in [2.45, 2.75) is 12.6 Å². The van der Waals surface area contributed by atoms with Crippen LogP contribution in [0.25, 0.3) is 0 Å². The molecule has 0 aliphatic carbocycles. The second-order valence-electron chi connectivity index (χ2n) is 4.21. The summed E-state index contributed by atoms with van der Waals surface area (Å²) in [7, 11) is 0. The molecule has 1 aliphatic rings. The lowest BCUT2D eigenvalue weighted by atomic mass is 10.1. The van der Waals surface area contributed by atoms with E-state index in [1.807, 2.05) is 0 Å². The first-order valence-corrected chi connectivity index (χ1v) is 5.46. The Kier molecular flexibility index (Phi) is 3.14. The fourth-order valence-corrected chi connectivity index (χ4v) is 2.06. The highest BCUT2D eigenvalue weighted by molar-refractivity contribution is 5.78. The zero-order valence-corrected chi connectivity index (χ0v) is 9.44. The van der Waals surface area contributed by atoms with Gasteiger partial charge >= 0.3 is 6.18 Å². The van der Waals surface area contributed by atoms with Crippen molar-refractivity contribution >= 4 is 11.7 Å². The lowest BCUT2D eigenvalue weighted by Crippen LogP contribution is -2.29. The SMILES string of the molecule is NC(=O)C1CCN(c2ncccc2C(F)(F)F)C1. The summed E-state index contributed by atoms with van der Waals surface area (Å²) in [5.74, 6) is -1.02. The van der Waals surface area contributed by atoms with E-state index in [9.17, 15) is 18.0 Å². The predicted octanol–water partition coefficient (Wildman–Crippen LogP) is 1.41. The van der Waals surface area contributed by atoms with E-state index in [2.05, 4.69) is 4.98 Å². The van der Waals surface area contributed by atoms with Gasteiger partial charge in [0.05, 0.1) is 11.5 Å². The number of aromatic nitrogens is 1. The molecule has 7 heteroatoms. The van der Waals surface area contributed by atoms with Crippen molar-refractivity contribution in [3.8, 4) is 0 Å². The topological polar surface area (TPSA) is 59.2 Å². The average Bonchev–Trinajstić information content (AvgIpc) is 2.77. The van der Waals surface area contributed by atoms with Gasteiger partial charge in [-0.3, -0.25) is 4.79 Å². The summed E-state index contributed by atoms with van der Waals surface area (Å²) >= 11 is 0. The van der Waals surface area contributed by atoms with Crippen molar-refractivity contribution < 1.29 is 18.0 Å². The maximum Gasteiger partial charge on any atom is 0.419 e. The number of hydrogen-bond donors (Lipinski definition) is 1. The first kappa shape index (κ1) is 12.7. The molecule has 0 saturated carbocycles. The van der Waals surface area contributed by atoms with Gasteiger partial charge in [-0.15, -0.1) is 0 Å². The smallest absolute Gasteiger partial charge is 0.369 e. The lowest BCUT2D eigenvalue weighted by Gasteiger charge is -2.21. The van der Waals surface area contributed by atoms with Gasteiger partial charge in [-0.05, 0) is 18.6 Å². The van der Waals surface area contributed by atoms with E-state index in [1.165, 1.54) is 17.2 Å². The molecule has 98 valence electrons. The molecule has 1 saturated heterocycles. The Morgan fingerprint density at radius 2 is 2.22 bits per heavy atom. The molecule has 0 spiro atoms. The van der Waals surface area contributed by atoms with Gasteiger partial charge in [-0.1, -0.05) is 0 Å². The molecule has 1 aromatic rings. The second-order valence-corrected chi connectivity index (χ2v) is 4.21. The van der Waals surface area contributed by atoms with Gasteiger partial charge in [-0.25, -0.2) is 4.98 Å². The minimum absolute atomic E-state index is 0.131. The molecule has 1 aromatic heterocycles. The highest BCUT2D eigenvalue weighted by Gasteiger charge is 2.37. The number of carbonyl (C=O) groups is 1. The predicted molar refractivity (Wildman–Crippen MR) is 58.8 cm³/mol. The fourth-order valence-electron chi connectivity index (χ4n) is 2.06. The highest BCUT2D eigenvalue weighted by atomic mass is 19.4. The van der Waals surface area contributed by atoms with Crippen LogP contribution in [-0.4, -0.2) is 24.0 Å². The highest BCUT2D eigenvalue weighted by Crippen LogP contribution is 2.36. The molecule has 0 radical (unpaired) electrons. The molecule has 1 amide bonds. The van der Waals surface area contributed by atoms with Crippen LogP contribution < -0.4 is 10.6 Å². The molecule has 0 aromatic carbocycles. The number of primary amides is 1. The van der Waals surface area contributed by atoms with Crippen molar-refractivity contribution in [1.29, 1.82) is 0 Å². The number of halogens is 3. The third kappa shape index (κ3) is 2.39. The van der Waals surface area contributed by atoms with Crippen LogP contribution in [0.2, 0.25) is 0 Å². The van der Waals surface area contributed by atoms with E-state index in [-0.39, 0.29) is 12.4 Å². The minimum Gasteiger partial charge on any atom is -0.369 e. The fraction of sp³-hybridized carbons (Fsp3) is 0.455. The first-order valence-electron chi connectivity index (χ1n) is 5.46. The van der Waals surface area contributed by atoms with Gasteiger partial charge in [0.25, 0.3) is 0 Å². The van der Waals surface area contributed by atoms with Crippen molar-refractivity contribution in [1.82, 2.24) is 4.98 Å². The Morgan fingerprint density at radius 1 is 1.50 bits per heavy atom. The van der Waals surface area contributed by atoms with Gasteiger partial charge in [-0.2, -0.15) is 13.2 Å². The molecule has 1 aliphatic heterocycles. The zero-order valence-electron chi connectivity index (χ0n) is 9.44. The number of rotatable bonds is 2. The number of alkyl halides is 3. The average molecular weight is 259 g/mol. The zero-order chi connectivity index (χ0) is 13.3. The molecule has 18 heavy (non-hydrogen) atoms. The van der Waals surface area contributed by atoms with Crippen LogP contribution in [0.4, 0.5) is 19.0 Å². The van der Waals surface area contributed by atoms with Crippen LogP contribution in [0.15, 0.2) is 18.3 Å². The number of anilines is 1. The summed E-state index contributed by atoms with van der Waals surface area (Å²) in [6.45, 7) is 0.545. The number of carbonyl (C=O) groups excluding carboxylic acids is 1. The van der Waals surface area contributed by atoms with Gasteiger partial charge < -0.3 is 10.6 Å². The van der Waals surface area contributed by atoms with Gasteiger partial charge in [0, 0.05) is 19.3 Å². The maximum atomic E-state index is 12.8. The lowest BCUT2D eigenvalue weighted by molar-refractivity contribution is -0.137. The number of nitrogens with two attached hydrogens (primary N) is 1. The third-order valence-electron chi connectivity index (χ3n) is 2.98. The summed E-state index contributed by atoms with van der Waals surface area (Å²) in [5, 5.41) is 0. The Morgan fingerprint density at radius 3 is 2.78 bits per heavy atom. The molecule has 4 nitrogen and oxygen atoms in total. The summed E-state index contributed by atoms with van der Waals surface area (Å²) in [6, 6.07) is 2.23. The van der Waals surface area contributed by atoms with Crippen LogP contribution in [0.3, 0.4) is 0 Å². The Bertz CT molecular complexity index is 461. The second kappa shape index (κ2) is 4.47. The molecule has 1 unspecified atom stereocenters. The summed E-state index contributed by atoms with van der Waals surface area (Å²) < 4.78 is 38.4. The van der Waals surface area contributed by atoms with Crippen LogP contribution in [0, 0.1) is 5.92 Å². The number of amides is 1. The quantitative estimate of drug-likeness (QED) is 0.873. The van der Waals surface area contributed by atoms with Crippen molar-refractivity contribution in [3.63, 3.8) is 0 Å². The van der Waals surface area contributed by atoms with Crippen molar-refractivity contribution in [2.75, 3.05) is 18.0 Å². The van der Waals surface area contributed by atoms with Gasteiger partial charge in [0.2, 0.25) is 5.91 Å². The monoisotopic (exact) mass is 259 g/mol. The molecule has 2 rings (SSSR count). The van der Waals surface area contributed by atoms with Crippen molar-refractivity contribution in [3.05, 3.63) is 23.9 Å². The van der Waals surface area contributed by atoms with E-state index in [0.29, 0.717) is 13.0 Å². The number of pyridine rings is 1. The minimum atomic E-state index is -4.45. The molecule has 2 heterocycles. The molecular formula is C11H12F3N3O. The Labute approximate surface area is 102 Å². The summed E-state index contributed by atoms with van der Waals surface area (Å²) in [6.07, 6.45) is -2.68. The largest absolute Gasteiger partial charge is 0.419 e. The number of nitrogens with zero attached hydrogens (tertiary/aromatic N) is 2. The van der Waals surface area contributed by atoms with Crippen LogP contribution >= 0.6 is 0 Å². The normalized spacial score (nSPS) is 20.2. The first-order chi connectivity index (χ1) is 8.39. The number of hydrogen-bond acceptors (Lipinski definition) is 3. The Hall–Kier alpha value is -1.79. The maximum absolute atomic E-state index is 12.8. The van der Waals surface area contributed by atoms with Crippen LogP contribution in [0.5, 0.6) is 0 Å². The van der Waals surface area contributed by atoms with Gasteiger partial charge in [0.1, 0.15) is 5.82 Å². The molecule has 1 fully saturated rings. The van der Waals surface area contributed by atoms with E-state index < -0.39 is 23.6 Å². The van der Waals surface area contributed by atoms with E-state index in [4.69, 9.17) is 5.73 Å². The standard InChI is InChI=1S/C11H12F3N3O/c12-11(13,14)8-2-1-4-16-10(8)17-5-3-7(6-17)9(15)18/h1-2,4,7H,3,5-6H2,(H2,15,18). The van der Waals surface area contributed by atoms with Gasteiger partial charge in [0.15, 0.2) is 0 Å². The summed E-state index contributed by atoms with van der Waals surface area (Å²) in [5.41, 5.74) is 4.37. The van der Waals surface area contributed by atoms with Crippen LogP contribution in [-0.2, 0) is 11.0 Å². The molecular weight excluding hydrogens is 247 g/mol. The van der Waals surface area contributed by atoms with Crippen molar-refractivity contribution in [2.24, 2.45) is 11.7 Å². The summed E-state index contributed by atoms with van der Waals surface area (Å²) in [4.78, 5) is 16.2.